The molecule has 0 amide bonds. The molecule has 6 heterocycles. The summed E-state index contributed by atoms with van der Waals surface area (Å²) in [6.45, 7) is 4.66. The molecule has 5 N–H and O–H groups in total. The molecule has 228 valence electrons. The molecule has 10 nitrogen and oxygen atoms in total. The molecule has 0 bridgehead atoms. The average molecular weight is 632 g/mol. The van der Waals surface area contributed by atoms with Crippen LogP contribution in [-0.2, 0) is 10.5 Å². The summed E-state index contributed by atoms with van der Waals surface area (Å²) in [5.74, 6) is -2.16. The number of nitrogens with zero attached hydrogens (tertiary/aromatic N) is 6. The third kappa shape index (κ3) is 5.29. The third-order valence-electron chi connectivity index (χ3n) is 8.37. The number of pyridine rings is 1. The molecule has 0 aliphatic carbocycles. The van der Waals surface area contributed by atoms with E-state index in [1.54, 1.807) is 28.9 Å². The average Bonchev–Trinajstić information content (AvgIpc) is 3.49. The minimum absolute atomic E-state index is 0.0413. The fourth-order valence-corrected chi connectivity index (χ4v) is 8.86. The molecule has 0 radical (unpaired) electrons. The van der Waals surface area contributed by atoms with E-state index in [1.165, 1.54) is 11.3 Å². The van der Waals surface area contributed by atoms with Gasteiger partial charge in [-0.1, -0.05) is 6.07 Å². The van der Waals surface area contributed by atoms with E-state index in [-0.39, 0.29) is 53.9 Å². The lowest BCUT2D eigenvalue weighted by atomic mass is 9.88. The van der Waals surface area contributed by atoms with Gasteiger partial charge in [-0.25, -0.2) is 13.8 Å². The van der Waals surface area contributed by atoms with Crippen LogP contribution in [0, 0.1) is 17.1 Å². The van der Waals surface area contributed by atoms with Crippen LogP contribution in [0.5, 0.6) is 6.01 Å². The molecular weight excluding hydrogens is 599 g/mol. The van der Waals surface area contributed by atoms with Crippen LogP contribution in [0.1, 0.15) is 54.3 Å². The number of hydrogen-bond acceptors (Lipinski definition) is 12. The second kappa shape index (κ2) is 11.2. The van der Waals surface area contributed by atoms with Crippen molar-refractivity contribution in [2.24, 2.45) is 0 Å². The number of rotatable bonds is 8. The number of aromatic nitrogens is 3. The van der Waals surface area contributed by atoms with E-state index in [9.17, 15) is 14.0 Å². The SMILES string of the molecule is CCN(c1nc(OC[C@@H]2CCC(F)(F)CN2)nc(N2CC3(C2)SCc2sc(N)c(C#N)c23)c1F)[C@H](C)c1cccnc1N. The van der Waals surface area contributed by atoms with Gasteiger partial charge in [0, 0.05) is 60.1 Å². The Labute approximate surface area is 255 Å². The monoisotopic (exact) mass is 631 g/mol. The van der Waals surface area contributed by atoms with E-state index >= 15 is 4.39 Å². The van der Waals surface area contributed by atoms with Crippen molar-refractivity contribution >= 4 is 45.6 Å². The minimum atomic E-state index is -2.75. The number of nitrogen functional groups attached to an aromatic ring is 2. The number of hydrogen-bond donors (Lipinski definition) is 3. The van der Waals surface area contributed by atoms with Gasteiger partial charge >= 0.3 is 6.01 Å². The highest BCUT2D eigenvalue weighted by molar-refractivity contribution is 8.00. The number of anilines is 4. The Bertz CT molecular complexity index is 1560. The van der Waals surface area contributed by atoms with E-state index in [2.05, 4.69) is 26.3 Å². The zero-order valence-electron chi connectivity index (χ0n) is 23.7. The van der Waals surface area contributed by atoms with Crippen molar-refractivity contribution < 1.29 is 17.9 Å². The molecule has 0 saturated carbocycles. The van der Waals surface area contributed by atoms with Crippen LogP contribution in [-0.4, -0.2) is 59.7 Å². The van der Waals surface area contributed by atoms with Crippen molar-refractivity contribution in [1.82, 2.24) is 20.3 Å². The molecule has 6 rings (SSSR count). The van der Waals surface area contributed by atoms with E-state index in [4.69, 9.17) is 16.2 Å². The topological polar surface area (TPSA) is 142 Å². The number of piperidine rings is 1. The van der Waals surface area contributed by atoms with Gasteiger partial charge in [0.25, 0.3) is 5.92 Å². The van der Waals surface area contributed by atoms with E-state index in [1.807, 2.05) is 24.8 Å². The number of ether oxygens (including phenoxy) is 1. The first-order valence-electron chi connectivity index (χ1n) is 14.0. The Morgan fingerprint density at radius 1 is 1.33 bits per heavy atom. The zero-order chi connectivity index (χ0) is 30.5. The van der Waals surface area contributed by atoms with Crippen molar-refractivity contribution in [1.29, 1.82) is 5.26 Å². The number of alkyl halides is 2. The van der Waals surface area contributed by atoms with Crippen LogP contribution in [0.2, 0.25) is 0 Å². The fraction of sp³-hybridized carbons (Fsp3) is 0.500. The predicted molar refractivity (Wildman–Crippen MR) is 162 cm³/mol. The Balaban J connectivity index is 1.32. The maximum absolute atomic E-state index is 16.5. The van der Waals surface area contributed by atoms with Gasteiger partial charge in [0.05, 0.1) is 22.9 Å². The first-order valence-corrected chi connectivity index (χ1v) is 15.8. The smallest absolute Gasteiger partial charge is 0.320 e. The van der Waals surface area contributed by atoms with Crippen LogP contribution in [0.4, 0.5) is 35.6 Å². The summed E-state index contributed by atoms with van der Waals surface area (Å²) in [6.07, 6.45) is 1.58. The van der Waals surface area contributed by atoms with Crippen LogP contribution >= 0.6 is 23.1 Å². The largest absolute Gasteiger partial charge is 0.462 e. The Morgan fingerprint density at radius 3 is 2.79 bits per heavy atom. The number of halogens is 3. The molecule has 2 saturated heterocycles. The fourth-order valence-electron chi connectivity index (χ4n) is 6.05. The van der Waals surface area contributed by atoms with Crippen LogP contribution in [0.3, 0.4) is 0 Å². The molecule has 43 heavy (non-hydrogen) atoms. The molecule has 15 heteroatoms. The van der Waals surface area contributed by atoms with Gasteiger partial charge in [-0.05, 0) is 26.3 Å². The van der Waals surface area contributed by atoms with Gasteiger partial charge < -0.3 is 31.3 Å². The lowest BCUT2D eigenvalue weighted by Gasteiger charge is -2.48. The second-order valence-electron chi connectivity index (χ2n) is 11.1. The van der Waals surface area contributed by atoms with Crippen molar-refractivity contribution in [2.75, 3.05) is 54.1 Å². The lowest BCUT2D eigenvalue weighted by Crippen LogP contribution is -2.57. The molecule has 0 aromatic carbocycles. The summed E-state index contributed by atoms with van der Waals surface area (Å²) < 4.78 is 49.3. The number of thioether (sulfide) groups is 1. The van der Waals surface area contributed by atoms with Gasteiger partial charge in [0.2, 0.25) is 5.82 Å². The number of nitrogens with one attached hydrogen (secondary N) is 1. The standard InChI is InChI=1S/C28H32F3N9OS2/c1-3-40(15(2)17-5-4-8-35-22(17)33)25-21(29)24(37-26(38-25)41-10-16-6-7-28(30,31)12-36-16)39-13-27(14-39)20-18(9-32)23(34)43-19(20)11-42-27/h4-5,8,15-16,36H,3,6-7,10-14,34H2,1-2H3,(H2,33,35)/t15-,16+/m1/s1. The molecular formula is C28H32F3N9OS2. The summed E-state index contributed by atoms with van der Waals surface area (Å²) in [7, 11) is 0. The highest BCUT2D eigenvalue weighted by Crippen LogP contribution is 2.58. The summed E-state index contributed by atoms with van der Waals surface area (Å²) in [6, 6.07) is 5.12. The minimum Gasteiger partial charge on any atom is -0.462 e. The lowest BCUT2D eigenvalue weighted by molar-refractivity contribution is -0.0337. The van der Waals surface area contributed by atoms with Gasteiger partial charge in [0.15, 0.2) is 11.6 Å². The Hall–Kier alpha value is -3.48. The molecule has 2 atom stereocenters. The number of nitrogens with two attached hydrogens (primary N) is 2. The number of thiophene rings is 1. The van der Waals surface area contributed by atoms with Gasteiger partial charge in [-0.2, -0.15) is 19.6 Å². The first kappa shape index (κ1) is 29.6. The van der Waals surface area contributed by atoms with Crippen LogP contribution in [0.25, 0.3) is 0 Å². The maximum Gasteiger partial charge on any atom is 0.320 e. The molecule has 3 aliphatic heterocycles. The third-order valence-corrected chi connectivity index (χ3v) is 11.0. The normalized spacial score (nSPS) is 20.7. The van der Waals surface area contributed by atoms with Crippen molar-refractivity contribution in [2.45, 2.75) is 55.2 Å². The van der Waals surface area contributed by atoms with Crippen molar-refractivity contribution in [3.63, 3.8) is 0 Å². The zero-order valence-corrected chi connectivity index (χ0v) is 25.4. The summed E-state index contributed by atoms with van der Waals surface area (Å²) in [4.78, 5) is 17.8. The summed E-state index contributed by atoms with van der Waals surface area (Å²) in [5, 5.41) is 13.1. The van der Waals surface area contributed by atoms with Crippen LogP contribution < -0.4 is 31.3 Å². The second-order valence-corrected chi connectivity index (χ2v) is 13.6. The van der Waals surface area contributed by atoms with Gasteiger partial charge in [-0.15, -0.1) is 23.1 Å². The summed E-state index contributed by atoms with van der Waals surface area (Å²) >= 11 is 3.16. The van der Waals surface area contributed by atoms with E-state index in [0.29, 0.717) is 36.0 Å². The maximum atomic E-state index is 16.5. The van der Waals surface area contributed by atoms with Gasteiger partial charge in [-0.3, -0.25) is 0 Å². The van der Waals surface area contributed by atoms with Crippen molar-refractivity contribution in [3.05, 3.63) is 45.7 Å². The number of nitriles is 1. The summed E-state index contributed by atoms with van der Waals surface area (Å²) in [5.41, 5.74) is 14.5. The van der Waals surface area contributed by atoms with Crippen molar-refractivity contribution in [3.8, 4) is 12.1 Å². The Morgan fingerprint density at radius 2 is 2.12 bits per heavy atom. The first-order chi connectivity index (χ1) is 20.6. The molecule has 3 aromatic rings. The highest BCUT2D eigenvalue weighted by atomic mass is 32.2. The molecule has 1 spiro atoms. The number of fused-ring (bicyclic) bond motifs is 2. The molecule has 0 unspecified atom stereocenters. The van der Waals surface area contributed by atoms with E-state index in [0.717, 1.165) is 21.8 Å². The van der Waals surface area contributed by atoms with Gasteiger partial charge in [0.1, 0.15) is 23.5 Å². The molecule has 3 aromatic heterocycles. The molecule has 3 aliphatic rings. The Kier molecular flexibility index (Phi) is 7.72. The quantitative estimate of drug-likeness (QED) is 0.325. The van der Waals surface area contributed by atoms with Crippen LogP contribution in [0.15, 0.2) is 18.3 Å². The molecule has 2 fully saturated rings. The van der Waals surface area contributed by atoms with E-state index < -0.39 is 18.3 Å². The highest BCUT2D eigenvalue weighted by Gasteiger charge is 2.53. The predicted octanol–water partition coefficient (Wildman–Crippen LogP) is 4.42.